The Balaban J connectivity index is 1.38. The summed E-state index contributed by atoms with van der Waals surface area (Å²) in [5, 5.41) is 63.0. The molecule has 5 unspecified atom stereocenters. The molecule has 11 N–H and O–H groups in total. The summed E-state index contributed by atoms with van der Waals surface area (Å²) in [6, 6.07) is 14.3. The molecule has 74 heavy (non-hydrogen) atoms. The molecule has 6 amide bonds. The molecular formula is C50H56FN7O16. The van der Waals surface area contributed by atoms with Crippen molar-refractivity contribution in [1.82, 2.24) is 36.9 Å². The van der Waals surface area contributed by atoms with Crippen molar-refractivity contribution in [2.24, 2.45) is 5.92 Å². The molecule has 23 nitrogen and oxygen atoms in total. The van der Waals surface area contributed by atoms with E-state index in [9.17, 15) is 77.6 Å². The van der Waals surface area contributed by atoms with Gasteiger partial charge in [-0.15, -0.1) is 0 Å². The number of carboxylic acid groups (broad SMARTS) is 5. The molecular weight excluding hydrogens is 973 g/mol. The van der Waals surface area contributed by atoms with E-state index in [0.29, 0.717) is 11.1 Å². The zero-order valence-corrected chi connectivity index (χ0v) is 39.7. The second-order valence-corrected chi connectivity index (χ2v) is 17.1. The largest absolute Gasteiger partial charge is 0.481 e. The summed E-state index contributed by atoms with van der Waals surface area (Å²) in [5.74, 6) is -12.4. The SMILES string of the molecule is O=C(O)CCC(CC(=O)C(CCC(=O)O)NC(=O)c1ccc([18F])nc1)C(=O)NCc1ccc(C(=O)NC(Cc2ccc3ccccc3c2)C(=O)NCCCCC(NC(=O)NC(CCC(=O)O)C(=O)O)C(=O)O)cc1. The van der Waals surface area contributed by atoms with Crippen LogP contribution in [0.4, 0.5) is 9.18 Å². The number of carbonyl (C=O) groups excluding carboxylic acids is 6. The molecule has 24 heteroatoms. The van der Waals surface area contributed by atoms with Gasteiger partial charge in [0.25, 0.3) is 11.8 Å². The van der Waals surface area contributed by atoms with Crippen LogP contribution in [-0.2, 0) is 51.3 Å². The van der Waals surface area contributed by atoms with Crippen molar-refractivity contribution in [3.63, 3.8) is 0 Å². The minimum atomic E-state index is -1.58. The van der Waals surface area contributed by atoms with Gasteiger partial charge in [0.05, 0.1) is 11.6 Å². The van der Waals surface area contributed by atoms with Crippen LogP contribution in [0.1, 0.15) is 96.1 Å². The zero-order valence-electron chi connectivity index (χ0n) is 39.7. The van der Waals surface area contributed by atoms with Gasteiger partial charge in [-0.25, -0.2) is 19.4 Å². The third kappa shape index (κ3) is 19.8. The fraction of sp³-hybridized carbons (Fsp3) is 0.360. The number of benzene rings is 3. The van der Waals surface area contributed by atoms with Crippen LogP contribution in [0, 0.1) is 11.9 Å². The Hall–Kier alpha value is -8.83. The van der Waals surface area contributed by atoms with Crippen LogP contribution in [0.25, 0.3) is 10.8 Å². The number of ketones is 1. The maximum Gasteiger partial charge on any atom is 0.326 e. The Morgan fingerprint density at radius 3 is 1.69 bits per heavy atom. The number of aromatic nitrogens is 1. The highest BCUT2D eigenvalue weighted by Crippen LogP contribution is 2.19. The Labute approximate surface area is 421 Å². The normalized spacial score (nSPS) is 12.9. The number of rotatable bonds is 31. The first-order chi connectivity index (χ1) is 35.2. The molecule has 0 bridgehead atoms. The van der Waals surface area contributed by atoms with Crippen molar-refractivity contribution in [2.45, 2.75) is 101 Å². The van der Waals surface area contributed by atoms with Gasteiger partial charge in [-0.2, -0.15) is 4.39 Å². The van der Waals surface area contributed by atoms with Crippen LogP contribution < -0.4 is 31.9 Å². The molecule has 0 radical (unpaired) electrons. The summed E-state index contributed by atoms with van der Waals surface area (Å²) in [6.07, 6.45) is -2.01. The fourth-order valence-corrected chi connectivity index (χ4v) is 7.45. The van der Waals surface area contributed by atoms with Gasteiger partial charge in [0.2, 0.25) is 17.8 Å². The van der Waals surface area contributed by atoms with Gasteiger partial charge in [-0.05, 0) is 84.7 Å². The molecule has 4 rings (SSSR count). The second-order valence-electron chi connectivity index (χ2n) is 17.1. The lowest BCUT2D eigenvalue weighted by Crippen LogP contribution is -2.51. The number of fused-ring (bicyclic) bond motifs is 1. The first-order valence-electron chi connectivity index (χ1n) is 23.2. The number of nitrogens with zero attached hydrogens (tertiary/aromatic N) is 1. The molecule has 1 aromatic heterocycles. The van der Waals surface area contributed by atoms with Gasteiger partial charge < -0.3 is 57.4 Å². The van der Waals surface area contributed by atoms with Crippen LogP contribution in [0.3, 0.4) is 0 Å². The summed E-state index contributed by atoms with van der Waals surface area (Å²) in [4.78, 5) is 140. The van der Waals surface area contributed by atoms with Crippen molar-refractivity contribution in [3.8, 4) is 0 Å². The highest BCUT2D eigenvalue weighted by atomic mass is 18.2. The standard InChI is InChI=1S/C50H56FN7O16/c51-40-18-14-34(27-53-40)46(68)55-35(16-20-42(62)63)39(59)25-33(15-19-41(60)61)44(66)54-26-28-8-12-31(13-9-28)45(67)56-38(24-29-10-11-30-5-1-2-6-32(30)23-29)47(69)52-22-4-3-7-36(48(70)71)57-50(74)58-37(49(72)73)17-21-43(64)65/h1-2,5-6,8-14,18,23,27,33,35-38H,3-4,7,15-17,19-22,24-26H2,(H,52,69)(H,54,66)(H,55,68)(H,56,67)(H,60,61)(H,62,63)(H,64,65)(H,70,71)(H,72,73)(H2,57,58,74)/i51-1. The van der Waals surface area contributed by atoms with Crippen molar-refractivity contribution in [2.75, 3.05) is 6.54 Å². The molecule has 0 saturated heterocycles. The summed E-state index contributed by atoms with van der Waals surface area (Å²) in [5.41, 5.74) is 1.19. The predicted molar refractivity (Wildman–Crippen MR) is 258 cm³/mol. The van der Waals surface area contributed by atoms with Crippen LogP contribution in [0.2, 0.25) is 0 Å². The number of unbranched alkanes of at least 4 members (excludes halogenated alkanes) is 1. The molecule has 3 aromatic carbocycles. The van der Waals surface area contributed by atoms with E-state index in [1.807, 2.05) is 42.5 Å². The molecule has 394 valence electrons. The second kappa shape index (κ2) is 28.9. The number of amides is 6. The summed E-state index contributed by atoms with van der Waals surface area (Å²) in [7, 11) is 0. The number of aliphatic carboxylic acids is 5. The monoisotopic (exact) mass is 1030 g/mol. The van der Waals surface area contributed by atoms with Crippen LogP contribution in [0.5, 0.6) is 0 Å². The number of carbonyl (C=O) groups is 11. The van der Waals surface area contributed by atoms with E-state index >= 15 is 0 Å². The summed E-state index contributed by atoms with van der Waals surface area (Å²) < 4.78 is 13.3. The third-order valence-electron chi connectivity index (χ3n) is 11.5. The van der Waals surface area contributed by atoms with E-state index < -0.39 is 133 Å². The number of hydrogen-bond acceptors (Lipinski definition) is 12. The van der Waals surface area contributed by atoms with Gasteiger partial charge in [-0.3, -0.25) is 38.4 Å². The molecule has 0 aliphatic carbocycles. The average Bonchev–Trinajstić information content (AvgIpc) is 3.35. The van der Waals surface area contributed by atoms with Gasteiger partial charge in [-0.1, -0.05) is 54.6 Å². The van der Waals surface area contributed by atoms with Crippen LogP contribution in [-0.4, -0.2) is 127 Å². The predicted octanol–water partition coefficient (Wildman–Crippen LogP) is 2.79. The number of halogens is 1. The van der Waals surface area contributed by atoms with E-state index in [2.05, 4.69) is 36.9 Å². The number of carboxylic acids is 5. The van der Waals surface area contributed by atoms with Gasteiger partial charge >= 0.3 is 35.9 Å². The Bertz CT molecular complexity index is 2690. The quantitative estimate of drug-likeness (QED) is 0.0255. The first-order valence-corrected chi connectivity index (χ1v) is 23.2. The minimum absolute atomic E-state index is 0.0286. The molecule has 0 fully saturated rings. The number of hydrogen-bond donors (Lipinski definition) is 11. The Kier molecular flexibility index (Phi) is 22.5. The number of pyridine rings is 1. The number of urea groups is 1. The van der Waals surface area contributed by atoms with E-state index in [0.717, 1.165) is 29.1 Å². The van der Waals surface area contributed by atoms with E-state index in [4.69, 9.17) is 5.11 Å². The average molecular weight is 1030 g/mol. The minimum Gasteiger partial charge on any atom is -0.481 e. The van der Waals surface area contributed by atoms with Crippen LogP contribution >= 0.6 is 0 Å². The van der Waals surface area contributed by atoms with Crippen molar-refractivity contribution in [1.29, 1.82) is 0 Å². The van der Waals surface area contributed by atoms with Crippen molar-refractivity contribution < 1.29 is 82.7 Å². The maximum atomic E-state index is 13.7. The Morgan fingerprint density at radius 1 is 0.527 bits per heavy atom. The van der Waals surface area contributed by atoms with Gasteiger partial charge in [0.1, 0.15) is 18.1 Å². The highest BCUT2D eigenvalue weighted by Gasteiger charge is 2.30. The fourth-order valence-electron chi connectivity index (χ4n) is 7.45. The van der Waals surface area contributed by atoms with Crippen molar-refractivity contribution in [3.05, 3.63) is 113 Å². The molecule has 4 aromatic rings. The highest BCUT2D eigenvalue weighted by molar-refractivity contribution is 5.99. The molecule has 5 atom stereocenters. The molecule has 0 saturated carbocycles. The molecule has 0 aliphatic rings. The number of Topliss-reactive ketones (excluding diaryl/α,β-unsaturated/α-hetero) is 1. The van der Waals surface area contributed by atoms with Crippen molar-refractivity contribution >= 4 is 76.1 Å². The lowest BCUT2D eigenvalue weighted by Gasteiger charge is -2.21. The summed E-state index contributed by atoms with van der Waals surface area (Å²) in [6.45, 7) is -0.112. The lowest BCUT2D eigenvalue weighted by molar-refractivity contribution is -0.141. The van der Waals surface area contributed by atoms with Crippen LogP contribution in [0.15, 0.2) is 85.1 Å². The molecule has 1 heterocycles. The van der Waals surface area contributed by atoms with Gasteiger partial charge in [0, 0.05) is 62.9 Å². The Morgan fingerprint density at radius 2 is 1.08 bits per heavy atom. The smallest absolute Gasteiger partial charge is 0.326 e. The topological polar surface area (TPSA) is 374 Å². The zero-order chi connectivity index (χ0) is 54.3. The van der Waals surface area contributed by atoms with E-state index in [-0.39, 0.29) is 62.7 Å². The van der Waals surface area contributed by atoms with E-state index in [1.165, 1.54) is 24.3 Å². The lowest BCUT2D eigenvalue weighted by atomic mass is 9.91. The summed E-state index contributed by atoms with van der Waals surface area (Å²) >= 11 is 0. The molecule has 0 aliphatic heterocycles. The third-order valence-corrected chi connectivity index (χ3v) is 11.5. The first kappa shape index (κ1) is 57.7. The number of nitrogens with one attached hydrogen (secondary N) is 6. The maximum absolute atomic E-state index is 13.7. The molecule has 0 spiro atoms. The van der Waals surface area contributed by atoms with Gasteiger partial charge in [0.15, 0.2) is 5.78 Å². The van der Waals surface area contributed by atoms with E-state index in [1.54, 1.807) is 0 Å².